The lowest BCUT2D eigenvalue weighted by Gasteiger charge is -2.18. The van der Waals surface area contributed by atoms with Gasteiger partial charge in [-0.25, -0.2) is 13.8 Å². The van der Waals surface area contributed by atoms with Crippen molar-refractivity contribution in [2.24, 2.45) is 5.10 Å². The third kappa shape index (κ3) is 4.71. The topological polar surface area (TPSA) is 91.7 Å². The molecule has 0 aliphatic carbocycles. The summed E-state index contributed by atoms with van der Waals surface area (Å²) in [5, 5.41) is 3.85. The van der Waals surface area contributed by atoms with E-state index in [1.807, 2.05) is 0 Å². The van der Waals surface area contributed by atoms with Gasteiger partial charge in [-0.15, -0.1) is 0 Å². The summed E-state index contributed by atoms with van der Waals surface area (Å²) in [6, 6.07) is 9.45. The number of carbonyl (C=O) groups is 1. The van der Waals surface area contributed by atoms with Crippen molar-refractivity contribution in [1.82, 2.24) is 14.7 Å². The highest BCUT2D eigenvalue weighted by molar-refractivity contribution is 7.89. The Labute approximate surface area is 147 Å². The van der Waals surface area contributed by atoms with Crippen molar-refractivity contribution >= 4 is 22.1 Å². The highest BCUT2D eigenvalue weighted by atomic mass is 32.2. The van der Waals surface area contributed by atoms with E-state index >= 15 is 0 Å². The van der Waals surface area contributed by atoms with Crippen LogP contribution in [0.5, 0.6) is 0 Å². The number of benzene rings is 1. The summed E-state index contributed by atoms with van der Waals surface area (Å²) >= 11 is 0. The number of hydrogen-bond donors (Lipinski definition) is 1. The van der Waals surface area contributed by atoms with Crippen molar-refractivity contribution < 1.29 is 13.2 Å². The molecule has 1 amide bonds. The van der Waals surface area contributed by atoms with Gasteiger partial charge in [0.1, 0.15) is 0 Å². The van der Waals surface area contributed by atoms with Crippen LogP contribution in [0.2, 0.25) is 0 Å². The molecule has 2 rings (SSSR count). The van der Waals surface area contributed by atoms with Crippen molar-refractivity contribution in [3.8, 4) is 0 Å². The molecular weight excluding hydrogens is 340 g/mol. The Kier molecular flexibility index (Phi) is 6.37. The Morgan fingerprint density at radius 1 is 1.24 bits per heavy atom. The minimum Gasteiger partial charge on any atom is -0.267 e. The Bertz CT molecular complexity index is 847. The largest absolute Gasteiger partial charge is 0.271 e. The van der Waals surface area contributed by atoms with E-state index in [-0.39, 0.29) is 10.5 Å². The molecule has 0 saturated heterocycles. The molecule has 0 radical (unpaired) electrons. The number of sulfonamides is 1. The summed E-state index contributed by atoms with van der Waals surface area (Å²) in [5.41, 5.74) is 3.33. The van der Waals surface area contributed by atoms with Crippen molar-refractivity contribution in [3.63, 3.8) is 0 Å². The minimum absolute atomic E-state index is 0.0834. The van der Waals surface area contributed by atoms with Gasteiger partial charge < -0.3 is 0 Å². The van der Waals surface area contributed by atoms with Crippen LogP contribution in [0.1, 0.15) is 29.8 Å². The number of aromatic nitrogens is 1. The van der Waals surface area contributed by atoms with Crippen LogP contribution in [0.25, 0.3) is 0 Å². The fraction of sp³-hybridized carbons (Fsp3) is 0.235. The first-order chi connectivity index (χ1) is 12.0. The van der Waals surface area contributed by atoms with Crippen molar-refractivity contribution in [2.75, 3.05) is 13.1 Å². The molecule has 0 unspecified atom stereocenters. The summed E-state index contributed by atoms with van der Waals surface area (Å²) in [6.07, 6.45) is 4.70. The predicted molar refractivity (Wildman–Crippen MR) is 95.8 cm³/mol. The van der Waals surface area contributed by atoms with Crippen LogP contribution in [0.15, 0.2) is 58.8 Å². The van der Waals surface area contributed by atoms with E-state index in [2.05, 4.69) is 15.5 Å². The van der Waals surface area contributed by atoms with Crippen molar-refractivity contribution in [1.29, 1.82) is 0 Å². The molecule has 0 aliphatic rings. The lowest BCUT2D eigenvalue weighted by Crippen LogP contribution is -2.30. The Balaban J connectivity index is 2.15. The van der Waals surface area contributed by atoms with E-state index in [1.165, 1.54) is 34.8 Å². The Morgan fingerprint density at radius 3 is 2.64 bits per heavy atom. The first-order valence-corrected chi connectivity index (χ1v) is 9.26. The molecule has 1 N–H and O–H groups in total. The second-order valence-corrected chi connectivity index (χ2v) is 7.04. The number of pyridine rings is 1. The number of amides is 1. The number of rotatable bonds is 7. The average molecular weight is 360 g/mol. The number of carbonyl (C=O) groups excluding carboxylic acids is 1. The molecule has 0 fully saturated rings. The van der Waals surface area contributed by atoms with Gasteiger partial charge in [-0.3, -0.25) is 9.78 Å². The molecule has 7 nitrogen and oxygen atoms in total. The highest BCUT2D eigenvalue weighted by Gasteiger charge is 2.22. The van der Waals surface area contributed by atoms with E-state index in [1.54, 1.807) is 38.4 Å². The normalized spacial score (nSPS) is 11.8. The second-order valence-electron chi connectivity index (χ2n) is 5.10. The van der Waals surface area contributed by atoms with Crippen LogP contribution in [-0.2, 0) is 10.0 Å². The van der Waals surface area contributed by atoms with E-state index in [9.17, 15) is 13.2 Å². The lowest BCUT2D eigenvalue weighted by atomic mass is 10.2. The van der Waals surface area contributed by atoms with E-state index in [0.717, 1.165) is 5.56 Å². The maximum absolute atomic E-state index is 12.5. The number of nitrogens with one attached hydrogen (secondary N) is 1. The van der Waals surface area contributed by atoms with E-state index in [4.69, 9.17) is 0 Å². The number of nitrogens with zero attached hydrogens (tertiary/aromatic N) is 3. The number of hydrogen-bond acceptors (Lipinski definition) is 5. The smallest absolute Gasteiger partial charge is 0.267 e. The first-order valence-electron chi connectivity index (χ1n) is 7.82. The van der Waals surface area contributed by atoms with Gasteiger partial charge in [0.05, 0.1) is 11.1 Å². The van der Waals surface area contributed by atoms with Gasteiger partial charge in [-0.1, -0.05) is 26.0 Å². The summed E-state index contributed by atoms with van der Waals surface area (Å²) in [6.45, 7) is 4.27. The van der Waals surface area contributed by atoms with Crippen LogP contribution >= 0.6 is 0 Å². The van der Waals surface area contributed by atoms with Crippen molar-refractivity contribution in [3.05, 3.63) is 59.9 Å². The zero-order valence-electron chi connectivity index (χ0n) is 14.1. The van der Waals surface area contributed by atoms with Gasteiger partial charge in [0.15, 0.2) is 0 Å². The van der Waals surface area contributed by atoms with Gasteiger partial charge in [0.25, 0.3) is 5.91 Å². The summed E-state index contributed by atoms with van der Waals surface area (Å²) in [5.74, 6) is -0.489. The molecule has 8 heteroatoms. The quantitative estimate of drug-likeness (QED) is 0.603. The predicted octanol–water partition coefficient (Wildman–Crippen LogP) is 1.88. The fourth-order valence-electron chi connectivity index (χ4n) is 2.19. The highest BCUT2D eigenvalue weighted by Crippen LogP contribution is 2.16. The zero-order chi connectivity index (χ0) is 18.3. The molecule has 132 valence electrons. The van der Waals surface area contributed by atoms with Crippen LogP contribution in [0, 0.1) is 0 Å². The third-order valence-corrected chi connectivity index (χ3v) is 5.55. The average Bonchev–Trinajstić information content (AvgIpc) is 2.63. The minimum atomic E-state index is -3.61. The van der Waals surface area contributed by atoms with Crippen molar-refractivity contribution in [2.45, 2.75) is 18.7 Å². The van der Waals surface area contributed by atoms with Gasteiger partial charge >= 0.3 is 0 Å². The standard InChI is InChI=1S/C17H20N4O3S/c1-3-21(4-2)25(23,24)16-9-5-8-15(11-16)17(22)20-19-13-14-7-6-10-18-12-14/h5-13H,3-4H2,1-2H3,(H,20,22)/b19-13-. The molecule has 0 aliphatic heterocycles. The van der Waals surface area contributed by atoms with E-state index in [0.29, 0.717) is 13.1 Å². The maximum atomic E-state index is 12.5. The summed E-state index contributed by atoms with van der Waals surface area (Å²) in [7, 11) is -3.61. The molecule has 0 atom stereocenters. The van der Waals surface area contributed by atoms with Gasteiger partial charge in [0.2, 0.25) is 10.0 Å². The van der Waals surface area contributed by atoms with Gasteiger partial charge in [-0.05, 0) is 24.3 Å². The van der Waals surface area contributed by atoms with Crippen LogP contribution in [0.4, 0.5) is 0 Å². The molecule has 1 aromatic heterocycles. The van der Waals surface area contributed by atoms with Gasteiger partial charge in [0, 0.05) is 36.6 Å². The molecule has 25 heavy (non-hydrogen) atoms. The van der Waals surface area contributed by atoms with Crippen LogP contribution in [0.3, 0.4) is 0 Å². The zero-order valence-corrected chi connectivity index (χ0v) is 14.9. The Morgan fingerprint density at radius 2 is 2.00 bits per heavy atom. The van der Waals surface area contributed by atoms with Crippen LogP contribution in [-0.4, -0.2) is 42.9 Å². The van der Waals surface area contributed by atoms with Gasteiger partial charge in [-0.2, -0.15) is 9.41 Å². The molecule has 2 aromatic rings. The first kappa shape index (κ1) is 18.8. The van der Waals surface area contributed by atoms with Crippen LogP contribution < -0.4 is 5.43 Å². The SMILES string of the molecule is CCN(CC)S(=O)(=O)c1cccc(C(=O)N/N=C\c2cccnc2)c1. The second kappa shape index (κ2) is 8.50. The molecule has 0 saturated carbocycles. The maximum Gasteiger partial charge on any atom is 0.271 e. The molecule has 0 spiro atoms. The third-order valence-electron chi connectivity index (χ3n) is 3.50. The molecule has 1 heterocycles. The Hall–Kier alpha value is -2.58. The monoisotopic (exact) mass is 360 g/mol. The summed E-state index contributed by atoms with van der Waals surface area (Å²) < 4.78 is 26.4. The number of hydrazone groups is 1. The lowest BCUT2D eigenvalue weighted by molar-refractivity contribution is 0.0955. The fourth-order valence-corrected chi connectivity index (χ4v) is 3.70. The van der Waals surface area contributed by atoms with E-state index < -0.39 is 15.9 Å². The molecule has 0 bridgehead atoms. The molecule has 1 aromatic carbocycles. The summed E-state index contributed by atoms with van der Waals surface area (Å²) in [4.78, 5) is 16.2. The molecular formula is C17H20N4O3S.